The molecule has 0 bridgehead atoms. The van der Waals surface area contributed by atoms with E-state index in [9.17, 15) is 4.57 Å². The molecule has 2 unspecified atom stereocenters. The van der Waals surface area contributed by atoms with E-state index in [1.165, 1.54) is 0 Å². The minimum Gasteiger partial charge on any atom is -0.326 e. The van der Waals surface area contributed by atoms with Gasteiger partial charge in [0.25, 0.3) is 0 Å². The molecule has 9 heteroatoms. The summed E-state index contributed by atoms with van der Waals surface area (Å²) < 4.78 is 25.6. The second kappa shape index (κ2) is 10.3. The Morgan fingerprint density at radius 3 is 1.64 bits per heavy atom. The average Bonchev–Trinajstić information content (AvgIpc) is 1.89. The van der Waals surface area contributed by atoms with Crippen LogP contribution in [0.15, 0.2) is 0 Å². The van der Waals surface area contributed by atoms with Gasteiger partial charge in [0.1, 0.15) is 0 Å². The Balaban J connectivity index is 0. The fourth-order valence-electron chi connectivity index (χ4n) is 0.123. The first-order valence-corrected chi connectivity index (χ1v) is 4.97. The van der Waals surface area contributed by atoms with Gasteiger partial charge >= 0.3 is 16.5 Å². The van der Waals surface area contributed by atoms with Crippen molar-refractivity contribution in [3.8, 4) is 0 Å². The Morgan fingerprint density at radius 2 is 1.64 bits per heavy atom. The van der Waals surface area contributed by atoms with E-state index in [1.807, 2.05) is 0 Å². The largest absolute Gasteiger partial charge is 0.344 e. The van der Waals surface area contributed by atoms with E-state index in [2.05, 4.69) is 9.20 Å². The highest BCUT2D eigenvalue weighted by Crippen LogP contribution is 2.12. The minimum atomic E-state index is -3.07. The molecule has 0 heterocycles. The summed E-state index contributed by atoms with van der Waals surface area (Å²) in [6, 6.07) is 0. The third-order valence-electron chi connectivity index (χ3n) is 0.346. The highest BCUT2D eigenvalue weighted by Gasteiger charge is 1.81. The fraction of sp³-hybridized carbons (Fsp3) is 1.00. The van der Waals surface area contributed by atoms with Crippen LogP contribution in [0.4, 0.5) is 0 Å². The van der Waals surface area contributed by atoms with E-state index >= 15 is 0 Å². The van der Waals surface area contributed by atoms with Gasteiger partial charge < -0.3 is 14.3 Å². The van der Waals surface area contributed by atoms with Gasteiger partial charge in [-0.2, -0.15) is 4.67 Å². The molecule has 0 spiro atoms. The van der Waals surface area contributed by atoms with Crippen molar-refractivity contribution in [2.24, 2.45) is 0 Å². The van der Waals surface area contributed by atoms with E-state index < -0.39 is 16.5 Å². The van der Waals surface area contributed by atoms with Crippen molar-refractivity contribution in [1.29, 1.82) is 0 Å². The minimum absolute atomic E-state index is 0.314. The smallest absolute Gasteiger partial charge is 0.326 e. The van der Waals surface area contributed by atoms with Gasteiger partial charge in [0.2, 0.25) is 0 Å². The van der Waals surface area contributed by atoms with Crippen LogP contribution in [0.25, 0.3) is 0 Å². The summed E-state index contributed by atoms with van der Waals surface area (Å²) in [7, 11) is -5.70. The Labute approximate surface area is 64.4 Å². The zero-order valence-corrected chi connectivity index (χ0v) is 7.68. The molecule has 0 fully saturated rings. The Bertz CT molecular complexity index is 124. The summed E-state index contributed by atoms with van der Waals surface area (Å²) >= 11 is 0. The van der Waals surface area contributed by atoms with Crippen LogP contribution in [0, 0.1) is 0 Å². The Hall–Kier alpha value is 0.260. The number of hydrogen-bond donors (Lipinski definition) is 3. The monoisotopic (exact) mass is 208 g/mol. The summed E-state index contributed by atoms with van der Waals surface area (Å²) in [4.78, 5) is 15.3. The van der Waals surface area contributed by atoms with E-state index in [4.69, 9.17) is 19.6 Å². The average molecular weight is 208 g/mol. The summed E-state index contributed by atoms with van der Waals surface area (Å²) in [5, 5.41) is 7.13. The number of hydrogen-bond acceptors (Lipinski definition) is 5. The molecule has 0 aromatic rings. The molecule has 0 aliphatic heterocycles. The van der Waals surface area contributed by atoms with Crippen LogP contribution in [-0.2, 0) is 18.3 Å². The maximum absolute atomic E-state index is 9.56. The molecule has 0 aromatic heterocycles. The molecular weight excluding hydrogens is 198 g/mol. The lowest BCUT2D eigenvalue weighted by atomic mass is 10.9. The molecule has 0 saturated heterocycles. The zero-order valence-electron chi connectivity index (χ0n) is 5.68. The lowest BCUT2D eigenvalue weighted by Gasteiger charge is -1.86. The molecule has 0 aromatic carbocycles. The van der Waals surface area contributed by atoms with Crippen molar-refractivity contribution < 1.29 is 33.4 Å². The van der Waals surface area contributed by atoms with Crippen molar-refractivity contribution in [1.82, 2.24) is 0 Å². The second-order valence-corrected chi connectivity index (χ2v) is 2.59. The molecule has 0 amide bonds. The third kappa shape index (κ3) is 25.3. The molecule has 0 rings (SSSR count). The molecule has 0 aliphatic carbocycles. The first-order valence-electron chi connectivity index (χ1n) is 2.44. The van der Waals surface area contributed by atoms with Gasteiger partial charge in [0.05, 0.1) is 6.61 Å². The predicted octanol–water partition coefficient (Wildman–Crippen LogP) is 0.263. The first kappa shape index (κ1) is 13.8. The SMILES string of the molecule is CCO[PH](=O)O.O=[PH](O)OO. The standard InChI is InChI=1S/C2H7O3P.H3O4P/c1-2-5-6(3)4;1-4-5(2)3/h6H,2H2,1H3,(H,3,4);1,5H,(H,2,3). The second-order valence-electron chi connectivity index (χ2n) is 1.06. The Kier molecular flexibility index (Phi) is 12.9. The van der Waals surface area contributed by atoms with Crippen LogP contribution >= 0.6 is 16.5 Å². The van der Waals surface area contributed by atoms with Gasteiger partial charge in [-0.1, -0.05) is 0 Å². The molecular formula is C2H10O7P2. The van der Waals surface area contributed by atoms with Gasteiger partial charge in [-0.05, 0) is 6.92 Å². The normalized spacial score (nSPS) is 14.5. The molecule has 0 radical (unpaired) electrons. The molecule has 70 valence electrons. The van der Waals surface area contributed by atoms with Crippen molar-refractivity contribution in [2.75, 3.05) is 6.61 Å². The zero-order chi connectivity index (χ0) is 9.28. The van der Waals surface area contributed by atoms with E-state index in [1.54, 1.807) is 6.92 Å². The first-order chi connectivity index (χ1) is 5.04. The van der Waals surface area contributed by atoms with E-state index in [0.717, 1.165) is 0 Å². The van der Waals surface area contributed by atoms with Crippen molar-refractivity contribution in [3.05, 3.63) is 0 Å². The molecule has 0 aliphatic rings. The topological polar surface area (TPSA) is 113 Å². The lowest BCUT2D eigenvalue weighted by Crippen LogP contribution is -1.72. The van der Waals surface area contributed by atoms with Crippen LogP contribution in [0.1, 0.15) is 6.92 Å². The van der Waals surface area contributed by atoms with Gasteiger partial charge in [-0.15, -0.1) is 0 Å². The van der Waals surface area contributed by atoms with Gasteiger partial charge in [0.15, 0.2) is 0 Å². The maximum Gasteiger partial charge on any atom is 0.344 e. The van der Waals surface area contributed by atoms with Crippen molar-refractivity contribution in [2.45, 2.75) is 6.92 Å². The maximum atomic E-state index is 9.56. The molecule has 2 atom stereocenters. The van der Waals surface area contributed by atoms with Gasteiger partial charge in [0, 0.05) is 0 Å². The van der Waals surface area contributed by atoms with Crippen LogP contribution in [0.5, 0.6) is 0 Å². The molecule has 7 nitrogen and oxygen atoms in total. The van der Waals surface area contributed by atoms with Crippen LogP contribution in [0.3, 0.4) is 0 Å². The van der Waals surface area contributed by atoms with Crippen LogP contribution in [-0.4, -0.2) is 21.7 Å². The van der Waals surface area contributed by atoms with Crippen LogP contribution < -0.4 is 0 Å². The number of rotatable bonds is 3. The summed E-state index contributed by atoms with van der Waals surface area (Å²) in [6.07, 6.45) is 0. The lowest BCUT2D eigenvalue weighted by molar-refractivity contribution is -0.138. The van der Waals surface area contributed by atoms with E-state index in [0.29, 0.717) is 6.61 Å². The highest BCUT2D eigenvalue weighted by atomic mass is 31.1. The summed E-state index contributed by atoms with van der Waals surface area (Å²) in [5.41, 5.74) is 0. The quantitative estimate of drug-likeness (QED) is 0.346. The van der Waals surface area contributed by atoms with Crippen molar-refractivity contribution >= 4 is 16.5 Å². The molecule has 0 saturated carbocycles. The van der Waals surface area contributed by atoms with Crippen LogP contribution in [0.2, 0.25) is 0 Å². The summed E-state index contributed by atoms with van der Waals surface area (Å²) in [5.74, 6) is 0. The van der Waals surface area contributed by atoms with Gasteiger partial charge in [-0.25, -0.2) is 5.26 Å². The highest BCUT2D eigenvalue weighted by molar-refractivity contribution is 7.32. The molecule has 11 heavy (non-hydrogen) atoms. The predicted molar refractivity (Wildman–Crippen MR) is 37.8 cm³/mol. The van der Waals surface area contributed by atoms with Gasteiger partial charge in [-0.3, -0.25) is 9.13 Å². The third-order valence-corrected chi connectivity index (χ3v) is 1.04. The Morgan fingerprint density at radius 1 is 1.27 bits per heavy atom. The summed E-state index contributed by atoms with van der Waals surface area (Å²) in [6.45, 7) is 1.98. The fourth-order valence-corrected chi connectivity index (χ4v) is 0.370. The molecule has 3 N–H and O–H groups in total. The van der Waals surface area contributed by atoms with Crippen molar-refractivity contribution in [3.63, 3.8) is 0 Å². The van der Waals surface area contributed by atoms with E-state index in [-0.39, 0.29) is 0 Å².